The molecule has 0 saturated carbocycles. The minimum atomic E-state index is 0.478. The Labute approximate surface area is 110 Å². The van der Waals surface area contributed by atoms with Crippen molar-refractivity contribution in [3.63, 3.8) is 0 Å². The number of nitrogens with zero attached hydrogens (tertiary/aromatic N) is 2. The van der Waals surface area contributed by atoms with Crippen molar-refractivity contribution in [1.29, 1.82) is 0 Å². The number of pyridine rings is 1. The lowest BCUT2D eigenvalue weighted by Gasteiger charge is -2.22. The maximum Gasteiger partial charge on any atom is 0.113 e. The molecule has 94 valence electrons. The zero-order chi connectivity index (χ0) is 13.1. The number of hydrogen-bond donors (Lipinski definition) is 0. The Morgan fingerprint density at radius 3 is 2.72 bits per heavy atom. The predicted molar refractivity (Wildman–Crippen MR) is 76.4 cm³/mol. The van der Waals surface area contributed by atoms with Gasteiger partial charge >= 0.3 is 0 Å². The number of aromatic nitrogens is 1. The molecule has 0 spiro atoms. The van der Waals surface area contributed by atoms with Crippen LogP contribution < -0.4 is 0 Å². The van der Waals surface area contributed by atoms with E-state index >= 15 is 0 Å². The van der Waals surface area contributed by atoms with Crippen LogP contribution in [-0.2, 0) is 0 Å². The van der Waals surface area contributed by atoms with Crippen LogP contribution >= 0.6 is 0 Å². The summed E-state index contributed by atoms with van der Waals surface area (Å²) >= 11 is 0. The first-order valence-electron chi connectivity index (χ1n) is 6.46. The molecule has 2 rings (SSSR count). The van der Waals surface area contributed by atoms with E-state index in [4.69, 9.17) is 6.42 Å². The van der Waals surface area contributed by atoms with Gasteiger partial charge < -0.3 is 4.90 Å². The van der Waals surface area contributed by atoms with Gasteiger partial charge in [-0.15, -0.1) is 6.42 Å². The Hall–Kier alpha value is -1.59. The first-order chi connectivity index (χ1) is 8.60. The van der Waals surface area contributed by atoms with Crippen LogP contribution in [0.5, 0.6) is 0 Å². The molecule has 0 atom stereocenters. The summed E-state index contributed by atoms with van der Waals surface area (Å²) in [5.74, 6) is 3.14. The Morgan fingerprint density at radius 1 is 1.39 bits per heavy atom. The van der Waals surface area contributed by atoms with Crippen LogP contribution in [0.15, 0.2) is 18.2 Å². The molecule has 0 unspecified atom stereocenters. The summed E-state index contributed by atoms with van der Waals surface area (Å²) in [5, 5.41) is 0. The standard InChI is InChI=1S/C16H20N2/c1-5-15-10-14(12(2)3)11-16(17-15)13-6-8-18(4)9-7-13/h1,6,10-12H,7-9H2,2-4H3. The van der Waals surface area contributed by atoms with E-state index in [1.54, 1.807) is 0 Å². The maximum absolute atomic E-state index is 5.50. The average molecular weight is 240 g/mol. The fraction of sp³-hybridized carbons (Fsp3) is 0.438. The number of hydrogen-bond acceptors (Lipinski definition) is 2. The Kier molecular flexibility index (Phi) is 3.84. The van der Waals surface area contributed by atoms with Gasteiger partial charge in [0.2, 0.25) is 0 Å². The minimum absolute atomic E-state index is 0.478. The van der Waals surface area contributed by atoms with E-state index in [-0.39, 0.29) is 0 Å². The predicted octanol–water partition coefficient (Wildman–Crippen LogP) is 2.91. The molecule has 0 radical (unpaired) electrons. The van der Waals surface area contributed by atoms with Gasteiger partial charge in [0.1, 0.15) is 5.69 Å². The second-order valence-electron chi connectivity index (χ2n) is 5.21. The van der Waals surface area contributed by atoms with Gasteiger partial charge in [-0.3, -0.25) is 0 Å². The third-order valence-corrected chi connectivity index (χ3v) is 3.40. The molecular formula is C16H20N2. The highest BCUT2D eigenvalue weighted by Crippen LogP contribution is 2.24. The van der Waals surface area contributed by atoms with Crippen molar-refractivity contribution in [2.75, 3.05) is 20.1 Å². The van der Waals surface area contributed by atoms with Gasteiger partial charge in [0.05, 0.1) is 5.69 Å². The average Bonchev–Trinajstić information content (AvgIpc) is 2.39. The molecule has 1 aromatic heterocycles. The van der Waals surface area contributed by atoms with E-state index in [2.05, 4.69) is 48.8 Å². The number of likely N-dealkylation sites (N-methyl/N-ethyl adjacent to an activating group) is 1. The summed E-state index contributed by atoms with van der Waals surface area (Å²) in [6, 6.07) is 4.20. The van der Waals surface area contributed by atoms with Gasteiger partial charge in [-0.1, -0.05) is 25.8 Å². The van der Waals surface area contributed by atoms with E-state index in [1.807, 2.05) is 6.07 Å². The van der Waals surface area contributed by atoms with Gasteiger partial charge in [-0.2, -0.15) is 0 Å². The van der Waals surface area contributed by atoms with Crippen molar-refractivity contribution in [2.24, 2.45) is 0 Å². The lowest BCUT2D eigenvalue weighted by atomic mass is 9.98. The van der Waals surface area contributed by atoms with E-state index in [9.17, 15) is 0 Å². The summed E-state index contributed by atoms with van der Waals surface area (Å²) in [6.07, 6.45) is 8.81. The van der Waals surface area contributed by atoms with E-state index in [1.165, 1.54) is 11.1 Å². The maximum atomic E-state index is 5.50. The van der Waals surface area contributed by atoms with Crippen LogP contribution in [0, 0.1) is 12.3 Å². The Balaban J connectivity index is 2.39. The highest BCUT2D eigenvalue weighted by molar-refractivity contribution is 5.65. The third kappa shape index (κ3) is 2.80. The Bertz CT molecular complexity index is 506. The van der Waals surface area contributed by atoms with Crippen LogP contribution in [0.4, 0.5) is 0 Å². The quantitative estimate of drug-likeness (QED) is 0.739. The zero-order valence-electron chi connectivity index (χ0n) is 11.4. The van der Waals surface area contributed by atoms with Gasteiger partial charge in [0, 0.05) is 13.1 Å². The monoisotopic (exact) mass is 240 g/mol. The van der Waals surface area contributed by atoms with Crippen LogP contribution in [0.2, 0.25) is 0 Å². The summed E-state index contributed by atoms with van der Waals surface area (Å²) in [5.41, 5.74) is 4.40. The Morgan fingerprint density at radius 2 is 2.17 bits per heavy atom. The summed E-state index contributed by atoms with van der Waals surface area (Å²) < 4.78 is 0. The molecule has 0 fully saturated rings. The first-order valence-corrected chi connectivity index (χ1v) is 6.46. The summed E-state index contributed by atoms with van der Waals surface area (Å²) in [4.78, 5) is 6.86. The SMILES string of the molecule is C#Cc1cc(C(C)C)cc(C2=CCN(C)CC2)n1. The minimum Gasteiger partial charge on any atom is -0.302 e. The molecule has 2 heterocycles. The smallest absolute Gasteiger partial charge is 0.113 e. The third-order valence-electron chi connectivity index (χ3n) is 3.40. The number of rotatable bonds is 2. The molecular weight excluding hydrogens is 220 g/mol. The lowest BCUT2D eigenvalue weighted by molar-refractivity contribution is 0.369. The van der Waals surface area contributed by atoms with Crippen LogP contribution in [0.1, 0.15) is 43.1 Å². The molecule has 1 aliphatic heterocycles. The van der Waals surface area contributed by atoms with Crippen molar-refractivity contribution in [1.82, 2.24) is 9.88 Å². The molecule has 0 amide bonds. The van der Waals surface area contributed by atoms with Crippen LogP contribution in [0.3, 0.4) is 0 Å². The van der Waals surface area contributed by atoms with E-state index < -0.39 is 0 Å². The van der Waals surface area contributed by atoms with Crippen molar-refractivity contribution >= 4 is 5.57 Å². The van der Waals surface area contributed by atoms with Crippen molar-refractivity contribution in [2.45, 2.75) is 26.2 Å². The highest BCUT2D eigenvalue weighted by atomic mass is 15.1. The van der Waals surface area contributed by atoms with Crippen LogP contribution in [-0.4, -0.2) is 30.0 Å². The van der Waals surface area contributed by atoms with E-state index in [0.29, 0.717) is 5.92 Å². The molecule has 0 saturated heterocycles. The molecule has 0 N–H and O–H groups in total. The van der Waals surface area contributed by atoms with E-state index in [0.717, 1.165) is 30.9 Å². The fourth-order valence-corrected chi connectivity index (χ4v) is 2.13. The largest absolute Gasteiger partial charge is 0.302 e. The summed E-state index contributed by atoms with van der Waals surface area (Å²) in [6.45, 7) is 6.45. The lowest BCUT2D eigenvalue weighted by Crippen LogP contribution is -2.24. The molecule has 1 aliphatic rings. The molecule has 1 aromatic rings. The molecule has 0 bridgehead atoms. The number of terminal acetylenes is 1. The normalized spacial score (nSPS) is 16.5. The molecule has 18 heavy (non-hydrogen) atoms. The van der Waals surface area contributed by atoms with Gasteiger partial charge in [0.25, 0.3) is 0 Å². The fourth-order valence-electron chi connectivity index (χ4n) is 2.13. The summed E-state index contributed by atoms with van der Waals surface area (Å²) in [7, 11) is 2.14. The first kappa shape index (κ1) is 12.9. The molecule has 2 nitrogen and oxygen atoms in total. The molecule has 0 aliphatic carbocycles. The van der Waals surface area contributed by atoms with Crippen molar-refractivity contribution in [3.8, 4) is 12.3 Å². The molecule has 0 aromatic carbocycles. The highest BCUT2D eigenvalue weighted by Gasteiger charge is 2.13. The topological polar surface area (TPSA) is 16.1 Å². The second kappa shape index (κ2) is 5.37. The molecule has 2 heteroatoms. The van der Waals surface area contributed by atoms with Gasteiger partial charge in [0.15, 0.2) is 0 Å². The zero-order valence-corrected chi connectivity index (χ0v) is 11.4. The second-order valence-corrected chi connectivity index (χ2v) is 5.21. The van der Waals surface area contributed by atoms with Crippen LogP contribution in [0.25, 0.3) is 5.57 Å². The van der Waals surface area contributed by atoms with Crippen molar-refractivity contribution in [3.05, 3.63) is 35.2 Å². The van der Waals surface area contributed by atoms with Gasteiger partial charge in [-0.05, 0) is 42.7 Å². The van der Waals surface area contributed by atoms with Gasteiger partial charge in [-0.25, -0.2) is 4.98 Å². The van der Waals surface area contributed by atoms with Crippen molar-refractivity contribution < 1.29 is 0 Å².